The van der Waals surface area contributed by atoms with Gasteiger partial charge in [-0.1, -0.05) is 32.9 Å². The number of hydrogen-bond donors (Lipinski definition) is 7. The van der Waals surface area contributed by atoms with Gasteiger partial charge in [0.05, 0.1) is 7.11 Å². The first kappa shape index (κ1) is 33.8. The maximum Gasteiger partial charge on any atom is 0.247 e. The van der Waals surface area contributed by atoms with Crippen LogP contribution in [0.15, 0.2) is 29.3 Å². The topological polar surface area (TPSA) is 219 Å². The molecule has 0 spiro atoms. The second-order valence-electron chi connectivity index (χ2n) is 10.7. The molecule has 1 aromatic rings. The molecule has 5 amide bonds. The summed E-state index contributed by atoms with van der Waals surface area (Å²) in [6.07, 6.45) is 0.729. The number of hydrogen-bond acceptors (Lipinski definition) is 7. The van der Waals surface area contributed by atoms with Crippen molar-refractivity contribution in [3.05, 3.63) is 29.8 Å². The van der Waals surface area contributed by atoms with Crippen LogP contribution in [0.2, 0.25) is 0 Å². The number of methoxy groups -OCH3 is 1. The Hall–Kier alpha value is -4.36. The minimum absolute atomic E-state index is 0.00619. The van der Waals surface area contributed by atoms with E-state index in [1.54, 1.807) is 45.0 Å². The third-order valence-electron chi connectivity index (χ3n) is 6.96. The van der Waals surface area contributed by atoms with Gasteiger partial charge in [-0.3, -0.25) is 29.0 Å². The quantitative estimate of drug-likeness (QED) is 0.111. The van der Waals surface area contributed by atoms with Crippen LogP contribution in [0.4, 0.5) is 0 Å². The molecule has 1 aliphatic rings. The number of carbonyl (C=O) groups is 5. The molecule has 14 heteroatoms. The zero-order valence-electron chi connectivity index (χ0n) is 24.9. The lowest BCUT2D eigenvalue weighted by molar-refractivity contribution is -0.138. The highest BCUT2D eigenvalue weighted by Gasteiger charge is 2.38. The fourth-order valence-corrected chi connectivity index (χ4v) is 4.24. The third kappa shape index (κ3) is 9.63. The maximum atomic E-state index is 13.6. The van der Waals surface area contributed by atoms with Crippen LogP contribution < -0.4 is 42.8 Å². The number of ether oxygens (including phenoxy) is 1. The lowest BCUT2D eigenvalue weighted by atomic mass is 9.94. The van der Waals surface area contributed by atoms with E-state index < -0.39 is 53.2 Å². The number of amides is 5. The van der Waals surface area contributed by atoms with Crippen molar-refractivity contribution in [2.24, 2.45) is 22.4 Å². The van der Waals surface area contributed by atoms with E-state index in [-0.39, 0.29) is 44.2 Å². The van der Waals surface area contributed by atoms with Crippen molar-refractivity contribution < 1.29 is 28.7 Å². The average molecular weight is 589 g/mol. The van der Waals surface area contributed by atoms with Crippen LogP contribution in [0.25, 0.3) is 0 Å². The number of carbonyl (C=O) groups excluding carboxylic acids is 5. The van der Waals surface area contributed by atoms with E-state index in [1.165, 1.54) is 14.0 Å². The summed E-state index contributed by atoms with van der Waals surface area (Å²) >= 11 is 0. The number of nitrogens with two attached hydrogens (primary N) is 2. The molecule has 0 radical (unpaired) electrons. The lowest BCUT2D eigenvalue weighted by Crippen LogP contribution is -2.63. The van der Waals surface area contributed by atoms with Gasteiger partial charge in [-0.15, -0.1) is 0 Å². The summed E-state index contributed by atoms with van der Waals surface area (Å²) in [7, 11) is 1.51. The highest BCUT2D eigenvalue weighted by atomic mass is 16.5. The Bertz CT molecular complexity index is 1150. The summed E-state index contributed by atoms with van der Waals surface area (Å²) in [6.45, 7) is 6.83. The SMILES string of the molecule is CC[C@@H]1NC(=O)[C@H](CCCN=C(N)N)NC(=O)[C@](C)(NC(=O)C(C)C)CCNC(=O)[C@@H](c2ccc(OC)cc2)NC1=O. The van der Waals surface area contributed by atoms with E-state index in [1.807, 2.05) is 0 Å². The second kappa shape index (κ2) is 15.6. The second-order valence-corrected chi connectivity index (χ2v) is 10.7. The Labute approximate surface area is 246 Å². The highest BCUT2D eigenvalue weighted by molar-refractivity contribution is 5.97. The van der Waals surface area contributed by atoms with Crippen molar-refractivity contribution >= 4 is 35.5 Å². The molecule has 1 fully saturated rings. The molecular formula is C28H44N8O6. The summed E-state index contributed by atoms with van der Waals surface area (Å²) in [6, 6.07) is 3.47. The molecule has 0 aromatic heterocycles. The van der Waals surface area contributed by atoms with E-state index >= 15 is 0 Å². The van der Waals surface area contributed by atoms with Crippen LogP contribution in [-0.2, 0) is 24.0 Å². The summed E-state index contributed by atoms with van der Waals surface area (Å²) in [5, 5.41) is 13.7. The predicted molar refractivity (Wildman–Crippen MR) is 157 cm³/mol. The Morgan fingerprint density at radius 3 is 2.26 bits per heavy atom. The standard InChI is InChI=1S/C28H44N8O6/c1-6-19-23(38)35-21(17-9-11-18(42-5)12-10-17)25(40)31-15-13-28(4,36-22(37)16(2)3)26(41)34-20(24(39)33-19)8-7-14-32-27(29)30/h9-12,16,19-21H,6-8,13-15H2,1-5H3,(H,31,40)(H,33,39)(H,34,41)(H,35,38)(H,36,37)(H4,29,30,32)/t19-,20-,21+,28+/m0/s1. The molecule has 0 aliphatic carbocycles. The normalized spacial score (nSPS) is 23.9. The van der Waals surface area contributed by atoms with Gasteiger partial charge in [0.25, 0.3) is 0 Å². The summed E-state index contributed by atoms with van der Waals surface area (Å²) in [5.74, 6) is -2.64. The number of nitrogens with zero attached hydrogens (tertiary/aromatic N) is 1. The van der Waals surface area contributed by atoms with Crippen molar-refractivity contribution in [1.82, 2.24) is 26.6 Å². The van der Waals surface area contributed by atoms with E-state index in [4.69, 9.17) is 16.2 Å². The smallest absolute Gasteiger partial charge is 0.247 e. The first-order valence-corrected chi connectivity index (χ1v) is 14.0. The van der Waals surface area contributed by atoms with E-state index in [0.717, 1.165) is 0 Å². The number of benzene rings is 1. The summed E-state index contributed by atoms with van der Waals surface area (Å²) < 4.78 is 5.20. The van der Waals surface area contributed by atoms with Gasteiger partial charge in [0.1, 0.15) is 29.4 Å². The number of guanidine groups is 1. The van der Waals surface area contributed by atoms with Gasteiger partial charge in [0.2, 0.25) is 29.5 Å². The molecule has 14 nitrogen and oxygen atoms in total. The highest BCUT2D eigenvalue weighted by Crippen LogP contribution is 2.20. The van der Waals surface area contributed by atoms with Crippen LogP contribution in [0.3, 0.4) is 0 Å². The molecule has 9 N–H and O–H groups in total. The van der Waals surface area contributed by atoms with Crippen molar-refractivity contribution in [3.63, 3.8) is 0 Å². The van der Waals surface area contributed by atoms with Crippen molar-refractivity contribution in [2.45, 2.75) is 77.0 Å². The fraction of sp³-hybridized carbons (Fsp3) is 0.571. The Kier molecular flexibility index (Phi) is 12.6. The van der Waals surface area contributed by atoms with Crippen LogP contribution >= 0.6 is 0 Å². The van der Waals surface area contributed by atoms with Crippen LogP contribution in [-0.4, -0.2) is 73.3 Å². The molecule has 0 saturated carbocycles. The van der Waals surface area contributed by atoms with Crippen molar-refractivity contribution in [1.29, 1.82) is 0 Å². The van der Waals surface area contributed by atoms with Gasteiger partial charge < -0.3 is 42.8 Å². The average Bonchev–Trinajstić information content (AvgIpc) is 2.95. The Balaban J connectivity index is 2.47. The molecule has 1 aliphatic heterocycles. The molecule has 42 heavy (non-hydrogen) atoms. The molecule has 4 atom stereocenters. The minimum atomic E-state index is -1.47. The number of rotatable bonds is 9. The monoisotopic (exact) mass is 588 g/mol. The zero-order chi connectivity index (χ0) is 31.4. The summed E-state index contributed by atoms with van der Waals surface area (Å²) in [4.78, 5) is 70.3. The van der Waals surface area contributed by atoms with E-state index in [0.29, 0.717) is 17.7 Å². The van der Waals surface area contributed by atoms with Gasteiger partial charge in [-0.05, 0) is 50.3 Å². The molecule has 0 unspecified atom stereocenters. The van der Waals surface area contributed by atoms with Crippen LogP contribution in [0.5, 0.6) is 5.75 Å². The Morgan fingerprint density at radius 1 is 1.05 bits per heavy atom. The van der Waals surface area contributed by atoms with E-state index in [9.17, 15) is 24.0 Å². The number of nitrogens with one attached hydrogen (secondary N) is 5. The first-order chi connectivity index (χ1) is 19.8. The molecule has 0 bridgehead atoms. The van der Waals surface area contributed by atoms with Gasteiger partial charge >= 0.3 is 0 Å². The zero-order valence-corrected chi connectivity index (χ0v) is 24.9. The van der Waals surface area contributed by atoms with Crippen molar-refractivity contribution in [2.75, 3.05) is 20.2 Å². The third-order valence-corrected chi connectivity index (χ3v) is 6.96. The van der Waals surface area contributed by atoms with Crippen LogP contribution in [0.1, 0.15) is 65.0 Å². The Morgan fingerprint density at radius 2 is 1.69 bits per heavy atom. The fourth-order valence-electron chi connectivity index (χ4n) is 4.24. The molecular weight excluding hydrogens is 544 g/mol. The van der Waals surface area contributed by atoms with E-state index in [2.05, 4.69) is 31.6 Å². The van der Waals surface area contributed by atoms with Gasteiger partial charge in [-0.2, -0.15) is 0 Å². The molecule has 2 rings (SSSR count). The molecule has 232 valence electrons. The predicted octanol–water partition coefficient (Wildman–Crippen LogP) is -0.663. The first-order valence-electron chi connectivity index (χ1n) is 14.0. The van der Waals surface area contributed by atoms with Crippen LogP contribution in [0, 0.1) is 5.92 Å². The van der Waals surface area contributed by atoms with Gasteiger partial charge in [0, 0.05) is 19.0 Å². The van der Waals surface area contributed by atoms with Crippen molar-refractivity contribution in [3.8, 4) is 5.75 Å². The maximum absolute atomic E-state index is 13.6. The number of aliphatic imine (C=N–C) groups is 1. The molecule has 1 aromatic carbocycles. The van der Waals surface area contributed by atoms with Gasteiger partial charge in [-0.25, -0.2) is 0 Å². The summed E-state index contributed by atoms with van der Waals surface area (Å²) in [5.41, 5.74) is 9.81. The minimum Gasteiger partial charge on any atom is -0.497 e. The lowest BCUT2D eigenvalue weighted by Gasteiger charge is -2.33. The largest absolute Gasteiger partial charge is 0.497 e. The van der Waals surface area contributed by atoms with Gasteiger partial charge in [0.15, 0.2) is 5.96 Å². The molecule has 1 heterocycles. The molecule has 1 saturated heterocycles.